The summed E-state index contributed by atoms with van der Waals surface area (Å²) in [4.78, 5) is 9.11. The Bertz CT molecular complexity index is 650. The first-order valence-corrected chi connectivity index (χ1v) is 8.05. The van der Waals surface area contributed by atoms with Gasteiger partial charge in [0.15, 0.2) is 5.82 Å². The van der Waals surface area contributed by atoms with Gasteiger partial charge in [-0.2, -0.15) is 0 Å². The van der Waals surface area contributed by atoms with Gasteiger partial charge in [-0.05, 0) is 31.9 Å². The van der Waals surface area contributed by atoms with Crippen LogP contribution in [-0.4, -0.2) is 29.7 Å². The lowest BCUT2D eigenvalue weighted by atomic mass is 9.78. The van der Waals surface area contributed by atoms with Crippen LogP contribution in [0, 0.1) is 6.92 Å². The minimum Gasteiger partial charge on any atom is -0.466 e. The number of hydrogen-bond acceptors (Lipinski definition) is 6. The first-order valence-electron chi connectivity index (χ1n) is 8.05. The van der Waals surface area contributed by atoms with Gasteiger partial charge in [0.1, 0.15) is 23.9 Å². The predicted molar refractivity (Wildman–Crippen MR) is 88.3 cm³/mol. The third-order valence-electron chi connectivity index (χ3n) is 4.13. The normalized spacial score (nSPS) is 20.3. The van der Waals surface area contributed by atoms with Gasteiger partial charge in [-0.1, -0.05) is 0 Å². The number of ether oxygens (including phenoxy) is 1. The van der Waals surface area contributed by atoms with Crippen LogP contribution in [0.2, 0.25) is 0 Å². The molecule has 3 N–H and O–H groups in total. The van der Waals surface area contributed by atoms with E-state index < -0.39 is 0 Å². The number of hydrogen-bond donors (Lipinski definition) is 2. The zero-order chi connectivity index (χ0) is 16.2. The van der Waals surface area contributed by atoms with Gasteiger partial charge in [0.05, 0.1) is 0 Å². The summed E-state index contributed by atoms with van der Waals surface area (Å²) < 4.78 is 10.8. The Kier molecular flexibility index (Phi) is 4.93. The van der Waals surface area contributed by atoms with Gasteiger partial charge in [-0.25, -0.2) is 9.97 Å². The summed E-state index contributed by atoms with van der Waals surface area (Å²) in [6.45, 7) is 3.13. The molecular formula is C17H24N4O2. The van der Waals surface area contributed by atoms with Crippen LogP contribution in [0.3, 0.4) is 0 Å². The quantitative estimate of drug-likeness (QED) is 0.815. The molecule has 2 aromatic rings. The molecule has 1 saturated carbocycles. The van der Waals surface area contributed by atoms with Gasteiger partial charge in [0.2, 0.25) is 0 Å². The van der Waals surface area contributed by atoms with Crippen LogP contribution in [0.25, 0.3) is 0 Å². The molecule has 0 spiro atoms. The predicted octanol–water partition coefficient (Wildman–Crippen LogP) is 2.38. The van der Waals surface area contributed by atoms with Crippen molar-refractivity contribution in [3.63, 3.8) is 0 Å². The molecule has 0 unspecified atom stereocenters. The van der Waals surface area contributed by atoms with Gasteiger partial charge >= 0.3 is 0 Å². The Balaban J connectivity index is 1.64. The molecule has 0 atom stereocenters. The van der Waals surface area contributed by atoms with Crippen LogP contribution in [0.1, 0.15) is 41.8 Å². The van der Waals surface area contributed by atoms with Crippen molar-refractivity contribution in [1.29, 1.82) is 0 Å². The Morgan fingerprint density at radius 1 is 1.35 bits per heavy atom. The van der Waals surface area contributed by atoms with E-state index in [1.807, 2.05) is 25.1 Å². The summed E-state index contributed by atoms with van der Waals surface area (Å²) in [6.07, 6.45) is 2.81. The highest BCUT2D eigenvalue weighted by molar-refractivity contribution is 5.38. The number of anilines is 1. The molecule has 0 bridgehead atoms. The number of nitrogens with two attached hydrogens (primary N) is 1. The second-order valence-electron chi connectivity index (χ2n) is 6.14. The molecule has 1 fully saturated rings. The zero-order valence-electron chi connectivity index (χ0n) is 13.7. The summed E-state index contributed by atoms with van der Waals surface area (Å²) >= 11 is 0. The maximum Gasteiger partial charge on any atom is 0.156 e. The van der Waals surface area contributed by atoms with Crippen LogP contribution in [-0.2, 0) is 17.8 Å². The lowest BCUT2D eigenvalue weighted by molar-refractivity contribution is 0.177. The third-order valence-corrected chi connectivity index (χ3v) is 4.13. The highest BCUT2D eigenvalue weighted by Crippen LogP contribution is 2.35. The van der Waals surface area contributed by atoms with E-state index in [9.17, 15) is 0 Å². The summed E-state index contributed by atoms with van der Waals surface area (Å²) in [5.41, 5.74) is 6.95. The second kappa shape index (κ2) is 7.10. The molecule has 0 aromatic carbocycles. The molecular weight excluding hydrogens is 292 g/mol. The summed E-state index contributed by atoms with van der Waals surface area (Å²) in [6, 6.07) is 6.33. The summed E-state index contributed by atoms with van der Waals surface area (Å²) in [7, 11) is 1.65. The van der Waals surface area contributed by atoms with Crippen molar-refractivity contribution < 1.29 is 9.15 Å². The minimum atomic E-state index is 0.305. The molecule has 6 heteroatoms. The molecule has 6 nitrogen and oxygen atoms in total. The van der Waals surface area contributed by atoms with Crippen LogP contribution in [0.4, 0.5) is 5.82 Å². The number of nitrogens with one attached hydrogen (secondary N) is 1. The first-order chi connectivity index (χ1) is 11.1. The van der Waals surface area contributed by atoms with Gasteiger partial charge in [-0.3, -0.25) is 0 Å². The number of rotatable bonds is 7. The van der Waals surface area contributed by atoms with E-state index in [4.69, 9.17) is 14.9 Å². The van der Waals surface area contributed by atoms with Gasteiger partial charge in [0.25, 0.3) is 0 Å². The highest BCUT2D eigenvalue weighted by atomic mass is 16.5. The standard InChI is InChI=1S/C17H24N4O2/c1-11-3-4-14(23-11)5-6-19-16-9-15(12-7-13(18)8-12)20-17(21-16)10-22-2/h3-4,9,12-13H,5-8,10,18H2,1-2H3,(H,19,20,21). The molecule has 2 heterocycles. The van der Waals surface area contributed by atoms with E-state index >= 15 is 0 Å². The van der Waals surface area contributed by atoms with E-state index in [1.54, 1.807) is 7.11 Å². The SMILES string of the molecule is COCc1nc(NCCc2ccc(C)o2)cc(C2CC(N)C2)n1. The van der Waals surface area contributed by atoms with Crippen LogP contribution < -0.4 is 11.1 Å². The van der Waals surface area contributed by atoms with E-state index in [2.05, 4.69) is 15.3 Å². The monoisotopic (exact) mass is 316 g/mol. The molecule has 2 aromatic heterocycles. The Morgan fingerprint density at radius 3 is 2.83 bits per heavy atom. The Hall–Kier alpha value is -1.92. The van der Waals surface area contributed by atoms with Crippen molar-refractivity contribution >= 4 is 5.82 Å². The number of nitrogens with zero attached hydrogens (tertiary/aromatic N) is 2. The maximum absolute atomic E-state index is 5.89. The molecule has 1 aliphatic rings. The van der Waals surface area contributed by atoms with Crippen molar-refractivity contribution in [2.75, 3.05) is 19.0 Å². The van der Waals surface area contributed by atoms with Gasteiger partial charge in [0, 0.05) is 43.8 Å². The minimum absolute atomic E-state index is 0.305. The van der Waals surface area contributed by atoms with Crippen molar-refractivity contribution in [2.24, 2.45) is 5.73 Å². The molecule has 0 saturated heterocycles. The molecule has 1 aliphatic carbocycles. The van der Waals surface area contributed by atoms with Crippen LogP contribution >= 0.6 is 0 Å². The molecule has 0 amide bonds. The van der Waals surface area contributed by atoms with E-state index in [0.717, 1.165) is 48.8 Å². The van der Waals surface area contributed by atoms with Crippen molar-refractivity contribution in [3.8, 4) is 0 Å². The van der Waals surface area contributed by atoms with Crippen LogP contribution in [0.15, 0.2) is 22.6 Å². The first kappa shape index (κ1) is 16.0. The molecule has 23 heavy (non-hydrogen) atoms. The topological polar surface area (TPSA) is 86.2 Å². The van der Waals surface area contributed by atoms with Gasteiger partial charge in [-0.15, -0.1) is 0 Å². The second-order valence-corrected chi connectivity index (χ2v) is 6.14. The van der Waals surface area contributed by atoms with E-state index in [0.29, 0.717) is 24.4 Å². The fourth-order valence-corrected chi connectivity index (χ4v) is 2.85. The third kappa shape index (κ3) is 4.09. The summed E-state index contributed by atoms with van der Waals surface area (Å²) in [5.74, 6) is 3.91. The van der Waals surface area contributed by atoms with Crippen molar-refractivity contribution in [3.05, 3.63) is 41.2 Å². The van der Waals surface area contributed by atoms with Crippen molar-refractivity contribution in [2.45, 2.75) is 44.8 Å². The smallest absolute Gasteiger partial charge is 0.156 e. The zero-order valence-corrected chi connectivity index (χ0v) is 13.7. The largest absolute Gasteiger partial charge is 0.466 e. The van der Waals surface area contributed by atoms with Crippen LogP contribution in [0.5, 0.6) is 0 Å². The molecule has 0 aliphatic heterocycles. The average molecular weight is 316 g/mol. The number of aromatic nitrogens is 2. The fraction of sp³-hybridized carbons (Fsp3) is 0.529. The Morgan fingerprint density at radius 2 is 2.17 bits per heavy atom. The van der Waals surface area contributed by atoms with E-state index in [-0.39, 0.29) is 0 Å². The summed E-state index contributed by atoms with van der Waals surface area (Å²) in [5, 5.41) is 3.36. The average Bonchev–Trinajstić information content (AvgIpc) is 2.90. The van der Waals surface area contributed by atoms with Gasteiger partial charge < -0.3 is 20.2 Å². The highest BCUT2D eigenvalue weighted by Gasteiger charge is 2.29. The lowest BCUT2D eigenvalue weighted by Gasteiger charge is -2.32. The fourth-order valence-electron chi connectivity index (χ4n) is 2.85. The number of furan rings is 1. The Labute approximate surface area is 136 Å². The molecule has 0 radical (unpaired) electrons. The number of aryl methyl sites for hydroxylation is 1. The molecule has 3 rings (SSSR count). The van der Waals surface area contributed by atoms with E-state index in [1.165, 1.54) is 0 Å². The molecule has 124 valence electrons. The maximum atomic E-state index is 5.89. The number of methoxy groups -OCH3 is 1. The lowest BCUT2D eigenvalue weighted by Crippen LogP contribution is -2.35. The van der Waals surface area contributed by atoms with Crippen molar-refractivity contribution in [1.82, 2.24) is 9.97 Å².